The molecule has 58 valence electrons. The lowest BCUT2D eigenvalue weighted by atomic mass is 10.1. The van der Waals surface area contributed by atoms with Gasteiger partial charge in [-0.15, -0.1) is 0 Å². The SMILES string of the molecule is O=C1C=C(C(=O)O)C(=O)NC1. The quantitative estimate of drug-likeness (QED) is 0.461. The van der Waals surface area contributed by atoms with E-state index in [2.05, 4.69) is 5.32 Å². The van der Waals surface area contributed by atoms with Gasteiger partial charge in [-0.05, 0) is 0 Å². The molecule has 1 rings (SSSR count). The summed E-state index contributed by atoms with van der Waals surface area (Å²) >= 11 is 0. The van der Waals surface area contributed by atoms with E-state index in [1.54, 1.807) is 0 Å². The first-order valence-corrected chi connectivity index (χ1v) is 2.87. The molecule has 1 amide bonds. The number of aliphatic carboxylic acids is 1. The standard InChI is InChI=1S/C6H5NO4/c8-3-1-4(6(10)11)5(9)7-2-3/h1H,2H2,(H,7,9)(H,10,11). The summed E-state index contributed by atoms with van der Waals surface area (Å²) in [7, 11) is 0. The Labute approximate surface area is 61.7 Å². The van der Waals surface area contributed by atoms with Crippen LogP contribution in [-0.2, 0) is 14.4 Å². The maximum absolute atomic E-state index is 10.7. The zero-order chi connectivity index (χ0) is 8.43. The van der Waals surface area contributed by atoms with Crippen molar-refractivity contribution in [2.75, 3.05) is 6.54 Å². The summed E-state index contributed by atoms with van der Waals surface area (Å²) in [5.41, 5.74) is -0.499. The van der Waals surface area contributed by atoms with E-state index in [4.69, 9.17) is 5.11 Å². The first-order chi connectivity index (χ1) is 5.11. The third kappa shape index (κ3) is 1.43. The van der Waals surface area contributed by atoms with Crippen LogP contribution in [0.25, 0.3) is 0 Å². The maximum Gasteiger partial charge on any atom is 0.341 e. The monoisotopic (exact) mass is 155 g/mol. The average molecular weight is 155 g/mol. The second kappa shape index (κ2) is 2.53. The fourth-order valence-electron chi connectivity index (χ4n) is 0.699. The molecule has 0 bridgehead atoms. The number of ketones is 1. The van der Waals surface area contributed by atoms with Gasteiger partial charge in [-0.2, -0.15) is 0 Å². The van der Waals surface area contributed by atoms with Crippen LogP contribution < -0.4 is 5.32 Å². The van der Waals surface area contributed by atoms with Crippen LogP contribution in [0.1, 0.15) is 0 Å². The van der Waals surface area contributed by atoms with Crippen LogP contribution in [0.4, 0.5) is 0 Å². The van der Waals surface area contributed by atoms with Crippen LogP contribution in [0, 0.1) is 0 Å². The minimum Gasteiger partial charge on any atom is -0.477 e. The molecule has 1 aliphatic heterocycles. The van der Waals surface area contributed by atoms with Crippen LogP contribution in [0.15, 0.2) is 11.6 Å². The van der Waals surface area contributed by atoms with E-state index < -0.39 is 23.2 Å². The predicted molar refractivity (Wildman–Crippen MR) is 33.7 cm³/mol. The topological polar surface area (TPSA) is 83.5 Å². The first-order valence-electron chi connectivity index (χ1n) is 2.87. The molecule has 2 N–H and O–H groups in total. The van der Waals surface area contributed by atoms with E-state index in [9.17, 15) is 14.4 Å². The molecule has 5 heteroatoms. The van der Waals surface area contributed by atoms with Crippen molar-refractivity contribution < 1.29 is 19.5 Å². The average Bonchev–Trinajstić information content (AvgIpc) is 1.94. The minimum absolute atomic E-state index is 0.115. The Kier molecular flexibility index (Phi) is 1.72. The normalized spacial score (nSPS) is 17.3. The lowest BCUT2D eigenvalue weighted by Crippen LogP contribution is -2.37. The number of carbonyl (C=O) groups excluding carboxylic acids is 2. The Morgan fingerprint density at radius 3 is 2.64 bits per heavy atom. The van der Waals surface area contributed by atoms with Gasteiger partial charge in [0.2, 0.25) is 0 Å². The number of nitrogens with one attached hydrogen (secondary N) is 1. The fourth-order valence-corrected chi connectivity index (χ4v) is 0.699. The van der Waals surface area contributed by atoms with Gasteiger partial charge in [0.05, 0.1) is 6.54 Å². The zero-order valence-corrected chi connectivity index (χ0v) is 5.46. The van der Waals surface area contributed by atoms with E-state index in [1.807, 2.05) is 0 Å². The first kappa shape index (κ1) is 7.46. The highest BCUT2D eigenvalue weighted by atomic mass is 16.4. The molecular weight excluding hydrogens is 150 g/mol. The Morgan fingerprint density at radius 1 is 1.55 bits per heavy atom. The number of hydrogen-bond donors (Lipinski definition) is 2. The highest BCUT2D eigenvalue weighted by Crippen LogP contribution is 1.99. The number of amides is 1. The van der Waals surface area contributed by atoms with Crippen molar-refractivity contribution in [2.24, 2.45) is 0 Å². The second-order valence-electron chi connectivity index (χ2n) is 2.01. The van der Waals surface area contributed by atoms with E-state index in [1.165, 1.54) is 0 Å². The molecule has 0 atom stereocenters. The molecule has 0 unspecified atom stereocenters. The Balaban J connectivity index is 2.97. The number of carboxylic acids is 1. The number of carbonyl (C=O) groups is 3. The van der Waals surface area contributed by atoms with Crippen molar-refractivity contribution in [1.82, 2.24) is 5.32 Å². The Bertz CT molecular complexity index is 264. The minimum atomic E-state index is -1.38. The summed E-state index contributed by atoms with van der Waals surface area (Å²) in [6.07, 6.45) is 0.834. The van der Waals surface area contributed by atoms with Gasteiger partial charge in [0.25, 0.3) is 5.91 Å². The van der Waals surface area contributed by atoms with E-state index in [0.717, 1.165) is 6.08 Å². The van der Waals surface area contributed by atoms with E-state index in [-0.39, 0.29) is 6.54 Å². The zero-order valence-electron chi connectivity index (χ0n) is 5.46. The van der Waals surface area contributed by atoms with Crippen molar-refractivity contribution in [3.8, 4) is 0 Å². The number of carboxylic acid groups (broad SMARTS) is 1. The molecule has 0 saturated heterocycles. The molecule has 0 aromatic rings. The van der Waals surface area contributed by atoms with Crippen LogP contribution in [0.5, 0.6) is 0 Å². The van der Waals surface area contributed by atoms with Crippen molar-refractivity contribution in [1.29, 1.82) is 0 Å². The van der Waals surface area contributed by atoms with Crippen LogP contribution in [0.2, 0.25) is 0 Å². The Hall–Kier alpha value is -1.65. The van der Waals surface area contributed by atoms with Gasteiger partial charge in [0.15, 0.2) is 5.78 Å². The lowest BCUT2D eigenvalue weighted by Gasteiger charge is -2.08. The smallest absolute Gasteiger partial charge is 0.341 e. The summed E-state index contributed by atoms with van der Waals surface area (Å²) in [5, 5.41) is 10.5. The summed E-state index contributed by atoms with van der Waals surface area (Å²) < 4.78 is 0. The molecule has 0 spiro atoms. The third-order valence-corrected chi connectivity index (χ3v) is 1.20. The van der Waals surface area contributed by atoms with Gasteiger partial charge in [0.1, 0.15) is 5.57 Å². The van der Waals surface area contributed by atoms with E-state index in [0.29, 0.717) is 0 Å². The van der Waals surface area contributed by atoms with Gasteiger partial charge in [-0.3, -0.25) is 9.59 Å². The molecule has 1 heterocycles. The largest absolute Gasteiger partial charge is 0.477 e. The summed E-state index contributed by atoms with van der Waals surface area (Å²) in [6, 6.07) is 0. The van der Waals surface area contributed by atoms with Crippen LogP contribution in [0.3, 0.4) is 0 Å². The third-order valence-electron chi connectivity index (χ3n) is 1.20. The molecular formula is C6H5NO4. The fraction of sp³-hybridized carbons (Fsp3) is 0.167. The predicted octanol–water partition coefficient (Wildman–Crippen LogP) is -1.30. The molecule has 0 aliphatic carbocycles. The van der Waals surface area contributed by atoms with Crippen LogP contribution in [-0.4, -0.2) is 29.3 Å². The van der Waals surface area contributed by atoms with Crippen molar-refractivity contribution >= 4 is 17.7 Å². The molecule has 5 nitrogen and oxygen atoms in total. The molecule has 0 fully saturated rings. The highest BCUT2D eigenvalue weighted by Gasteiger charge is 2.22. The second-order valence-corrected chi connectivity index (χ2v) is 2.01. The Morgan fingerprint density at radius 2 is 2.18 bits per heavy atom. The van der Waals surface area contributed by atoms with Gasteiger partial charge < -0.3 is 10.4 Å². The summed E-state index contributed by atoms with van der Waals surface area (Å²) in [4.78, 5) is 31.5. The van der Waals surface area contributed by atoms with Crippen molar-refractivity contribution in [3.05, 3.63) is 11.6 Å². The van der Waals surface area contributed by atoms with Gasteiger partial charge >= 0.3 is 5.97 Å². The van der Waals surface area contributed by atoms with Crippen LogP contribution >= 0.6 is 0 Å². The van der Waals surface area contributed by atoms with E-state index >= 15 is 0 Å². The van der Waals surface area contributed by atoms with Gasteiger partial charge in [-0.25, -0.2) is 4.79 Å². The molecule has 0 radical (unpaired) electrons. The molecule has 0 aromatic heterocycles. The molecule has 0 aromatic carbocycles. The number of rotatable bonds is 1. The molecule has 11 heavy (non-hydrogen) atoms. The van der Waals surface area contributed by atoms with Gasteiger partial charge in [-0.1, -0.05) is 0 Å². The van der Waals surface area contributed by atoms with Gasteiger partial charge in [0, 0.05) is 6.08 Å². The highest BCUT2D eigenvalue weighted by molar-refractivity contribution is 6.22. The molecule has 1 aliphatic rings. The summed E-state index contributed by atoms with van der Waals surface area (Å²) in [5.74, 6) is -2.49. The van der Waals surface area contributed by atoms with Crippen molar-refractivity contribution in [2.45, 2.75) is 0 Å². The molecule has 0 saturated carbocycles. The lowest BCUT2D eigenvalue weighted by molar-refractivity contribution is -0.136. The maximum atomic E-state index is 10.7. The summed E-state index contributed by atoms with van der Waals surface area (Å²) in [6.45, 7) is -0.115. The van der Waals surface area contributed by atoms with Crippen molar-refractivity contribution in [3.63, 3.8) is 0 Å². The number of hydrogen-bond acceptors (Lipinski definition) is 3.